The maximum atomic E-state index is 6.07. The molecule has 2 N–H and O–H groups in total. The quantitative estimate of drug-likeness (QED) is 0.834. The molecule has 0 aromatic carbocycles. The van der Waals surface area contributed by atoms with E-state index in [2.05, 4.69) is 28.4 Å². The number of rotatable bonds is 4. The molecule has 2 rings (SSSR count). The summed E-state index contributed by atoms with van der Waals surface area (Å²) in [4.78, 5) is 6.61. The minimum absolute atomic E-state index is 0.127. The van der Waals surface area contributed by atoms with Crippen molar-refractivity contribution in [2.24, 2.45) is 11.7 Å². The molecule has 0 radical (unpaired) electrons. The zero-order valence-corrected chi connectivity index (χ0v) is 10.3. The molecule has 4 nitrogen and oxygen atoms in total. The van der Waals surface area contributed by atoms with Crippen molar-refractivity contribution in [1.82, 2.24) is 14.5 Å². The molecule has 0 spiro atoms. The Morgan fingerprint density at radius 2 is 2.44 bits per heavy atom. The second-order valence-electron chi connectivity index (χ2n) is 4.90. The summed E-state index contributed by atoms with van der Waals surface area (Å²) < 4.78 is 2.23. The van der Waals surface area contributed by atoms with E-state index in [1.165, 1.54) is 25.2 Å². The lowest BCUT2D eigenvalue weighted by Crippen LogP contribution is -2.20. The van der Waals surface area contributed by atoms with Gasteiger partial charge in [0.15, 0.2) is 0 Å². The molecular formula is C12H22N4. The molecule has 2 heterocycles. The lowest BCUT2D eigenvalue weighted by molar-refractivity contribution is 0.374. The van der Waals surface area contributed by atoms with Crippen LogP contribution in [0.1, 0.15) is 31.5 Å². The molecular weight excluding hydrogens is 200 g/mol. The molecule has 0 bridgehead atoms. The maximum Gasteiger partial charge on any atom is 0.0948 e. The zero-order chi connectivity index (χ0) is 11.5. The van der Waals surface area contributed by atoms with Crippen molar-refractivity contribution in [1.29, 1.82) is 0 Å². The van der Waals surface area contributed by atoms with E-state index in [-0.39, 0.29) is 6.04 Å². The topological polar surface area (TPSA) is 47.1 Å². The standard InChI is InChI=1S/C12H22N4/c1-3-11(13)12-6-14-9-16(12)8-10-4-5-15(2)7-10/h6,9-11H,3-5,7-8,13H2,1-2H3/t10?,11-/m1/s1. The van der Waals surface area contributed by atoms with E-state index in [4.69, 9.17) is 5.73 Å². The van der Waals surface area contributed by atoms with E-state index in [9.17, 15) is 0 Å². The van der Waals surface area contributed by atoms with Gasteiger partial charge in [-0.15, -0.1) is 0 Å². The van der Waals surface area contributed by atoms with E-state index in [0.29, 0.717) is 0 Å². The molecule has 0 amide bonds. The summed E-state index contributed by atoms with van der Waals surface area (Å²) in [6, 6.07) is 0.127. The molecule has 16 heavy (non-hydrogen) atoms. The number of hydrogen-bond donors (Lipinski definition) is 1. The van der Waals surface area contributed by atoms with Crippen molar-refractivity contribution in [3.05, 3.63) is 18.2 Å². The second-order valence-corrected chi connectivity index (χ2v) is 4.90. The molecule has 4 heteroatoms. The minimum atomic E-state index is 0.127. The van der Waals surface area contributed by atoms with Crippen LogP contribution >= 0.6 is 0 Å². The molecule has 1 aromatic heterocycles. The van der Waals surface area contributed by atoms with Gasteiger partial charge in [0.1, 0.15) is 0 Å². The van der Waals surface area contributed by atoms with Crippen LogP contribution in [-0.4, -0.2) is 34.6 Å². The number of aromatic nitrogens is 2. The van der Waals surface area contributed by atoms with Crippen molar-refractivity contribution < 1.29 is 0 Å². The van der Waals surface area contributed by atoms with Crippen LogP contribution in [0.4, 0.5) is 0 Å². The number of nitrogens with two attached hydrogens (primary N) is 1. The molecule has 1 aliphatic heterocycles. The third kappa shape index (κ3) is 2.44. The molecule has 1 aliphatic rings. The Kier molecular flexibility index (Phi) is 3.61. The van der Waals surface area contributed by atoms with Crippen LogP contribution in [0.5, 0.6) is 0 Å². The highest BCUT2D eigenvalue weighted by atomic mass is 15.1. The third-order valence-corrected chi connectivity index (χ3v) is 3.51. The van der Waals surface area contributed by atoms with Crippen LogP contribution in [0.15, 0.2) is 12.5 Å². The lowest BCUT2D eigenvalue weighted by Gasteiger charge is -2.16. The Labute approximate surface area is 97.4 Å². The van der Waals surface area contributed by atoms with E-state index in [0.717, 1.165) is 18.9 Å². The van der Waals surface area contributed by atoms with Crippen LogP contribution in [0.3, 0.4) is 0 Å². The molecule has 0 saturated carbocycles. The van der Waals surface area contributed by atoms with Crippen molar-refractivity contribution in [3.63, 3.8) is 0 Å². The first-order valence-corrected chi connectivity index (χ1v) is 6.14. The van der Waals surface area contributed by atoms with E-state index >= 15 is 0 Å². The van der Waals surface area contributed by atoms with Crippen LogP contribution < -0.4 is 5.73 Å². The summed E-state index contributed by atoms with van der Waals surface area (Å²) in [6.45, 7) is 5.59. The summed E-state index contributed by atoms with van der Waals surface area (Å²) in [5, 5.41) is 0. The van der Waals surface area contributed by atoms with Crippen LogP contribution in [-0.2, 0) is 6.54 Å². The molecule has 1 saturated heterocycles. The molecule has 1 aromatic rings. The predicted molar refractivity (Wildman–Crippen MR) is 65.1 cm³/mol. The summed E-state index contributed by atoms with van der Waals surface area (Å²) in [5.74, 6) is 0.752. The average molecular weight is 222 g/mol. The molecule has 1 fully saturated rings. The van der Waals surface area contributed by atoms with Crippen LogP contribution in [0.2, 0.25) is 0 Å². The molecule has 0 aliphatic carbocycles. The van der Waals surface area contributed by atoms with Gasteiger partial charge in [0.25, 0.3) is 0 Å². The first-order valence-electron chi connectivity index (χ1n) is 6.14. The van der Waals surface area contributed by atoms with Gasteiger partial charge in [-0.3, -0.25) is 0 Å². The SMILES string of the molecule is CC[C@@H](N)c1cncn1CC1CCN(C)C1. The Balaban J connectivity index is 2.01. The van der Waals surface area contributed by atoms with Crippen LogP contribution in [0.25, 0.3) is 0 Å². The number of hydrogen-bond acceptors (Lipinski definition) is 3. The van der Waals surface area contributed by atoms with E-state index in [1.54, 1.807) is 0 Å². The van der Waals surface area contributed by atoms with E-state index in [1.807, 2.05) is 12.5 Å². The van der Waals surface area contributed by atoms with Crippen molar-refractivity contribution in [2.75, 3.05) is 20.1 Å². The van der Waals surface area contributed by atoms with Gasteiger partial charge in [0.2, 0.25) is 0 Å². The van der Waals surface area contributed by atoms with Crippen LogP contribution in [0, 0.1) is 5.92 Å². The Morgan fingerprint density at radius 1 is 1.62 bits per heavy atom. The van der Waals surface area contributed by atoms with Gasteiger partial charge >= 0.3 is 0 Å². The fourth-order valence-electron chi connectivity index (χ4n) is 2.45. The highest BCUT2D eigenvalue weighted by molar-refractivity contribution is 5.04. The first kappa shape index (κ1) is 11.6. The number of nitrogens with zero attached hydrogens (tertiary/aromatic N) is 3. The Morgan fingerprint density at radius 3 is 3.06 bits per heavy atom. The van der Waals surface area contributed by atoms with Gasteiger partial charge in [0, 0.05) is 25.3 Å². The third-order valence-electron chi connectivity index (χ3n) is 3.51. The smallest absolute Gasteiger partial charge is 0.0948 e. The first-order chi connectivity index (χ1) is 7.70. The van der Waals surface area contributed by atoms with Gasteiger partial charge in [-0.05, 0) is 32.4 Å². The summed E-state index contributed by atoms with van der Waals surface area (Å²) in [5.41, 5.74) is 7.25. The molecule has 90 valence electrons. The summed E-state index contributed by atoms with van der Waals surface area (Å²) in [6.07, 6.45) is 6.09. The van der Waals surface area contributed by atoms with Gasteiger partial charge in [-0.1, -0.05) is 6.92 Å². The number of imidazole rings is 1. The predicted octanol–water partition coefficient (Wildman–Crippen LogP) is 1.24. The Hall–Kier alpha value is -0.870. The zero-order valence-electron chi connectivity index (χ0n) is 10.3. The van der Waals surface area contributed by atoms with Gasteiger partial charge < -0.3 is 15.2 Å². The Bertz CT molecular complexity index is 334. The van der Waals surface area contributed by atoms with Gasteiger partial charge in [-0.2, -0.15) is 0 Å². The normalized spacial score (nSPS) is 23.8. The minimum Gasteiger partial charge on any atom is -0.333 e. The lowest BCUT2D eigenvalue weighted by atomic mass is 10.1. The van der Waals surface area contributed by atoms with E-state index < -0.39 is 0 Å². The second kappa shape index (κ2) is 4.97. The average Bonchev–Trinajstić information content (AvgIpc) is 2.87. The van der Waals surface area contributed by atoms with Gasteiger partial charge in [0.05, 0.1) is 12.0 Å². The largest absolute Gasteiger partial charge is 0.333 e. The molecule has 2 atom stereocenters. The fraction of sp³-hybridized carbons (Fsp3) is 0.750. The summed E-state index contributed by atoms with van der Waals surface area (Å²) in [7, 11) is 2.19. The highest BCUT2D eigenvalue weighted by Gasteiger charge is 2.21. The molecule has 1 unspecified atom stereocenters. The van der Waals surface area contributed by atoms with Gasteiger partial charge in [-0.25, -0.2) is 4.98 Å². The summed E-state index contributed by atoms with van der Waals surface area (Å²) >= 11 is 0. The fourth-order valence-corrected chi connectivity index (χ4v) is 2.45. The highest BCUT2D eigenvalue weighted by Crippen LogP contribution is 2.20. The maximum absolute atomic E-state index is 6.07. The van der Waals surface area contributed by atoms with Crippen molar-refractivity contribution in [3.8, 4) is 0 Å². The number of likely N-dealkylation sites (tertiary alicyclic amines) is 1. The van der Waals surface area contributed by atoms with Crippen molar-refractivity contribution >= 4 is 0 Å². The monoisotopic (exact) mass is 222 g/mol. The van der Waals surface area contributed by atoms with Crippen molar-refractivity contribution in [2.45, 2.75) is 32.4 Å².